The summed E-state index contributed by atoms with van der Waals surface area (Å²) in [6.45, 7) is 3.39. The molecular formula is C35H54N4O3. The van der Waals surface area contributed by atoms with E-state index in [0.717, 1.165) is 62.5 Å². The Morgan fingerprint density at radius 3 is 1.81 bits per heavy atom. The van der Waals surface area contributed by atoms with E-state index in [4.69, 9.17) is 0 Å². The summed E-state index contributed by atoms with van der Waals surface area (Å²) < 4.78 is 0. The molecule has 0 aliphatic rings. The first-order valence-corrected chi connectivity index (χ1v) is 16.4. The van der Waals surface area contributed by atoms with E-state index in [1.807, 2.05) is 42.5 Å². The summed E-state index contributed by atoms with van der Waals surface area (Å²) in [6.07, 6.45) is 21.3. The van der Waals surface area contributed by atoms with E-state index in [1.165, 1.54) is 44.9 Å². The van der Waals surface area contributed by atoms with Crippen molar-refractivity contribution in [2.75, 3.05) is 6.54 Å². The molecule has 0 aliphatic carbocycles. The van der Waals surface area contributed by atoms with Gasteiger partial charge in [-0.3, -0.25) is 19.4 Å². The minimum absolute atomic E-state index is 0.0573. The fraction of sp³-hybridized carbons (Fsp3) is 0.600. The molecule has 232 valence electrons. The third kappa shape index (κ3) is 16.9. The molecular weight excluding hydrogens is 524 g/mol. The van der Waals surface area contributed by atoms with Crippen LogP contribution in [0.5, 0.6) is 0 Å². The van der Waals surface area contributed by atoms with Gasteiger partial charge >= 0.3 is 0 Å². The number of hydrogen-bond donors (Lipinski definition) is 3. The van der Waals surface area contributed by atoms with Crippen LogP contribution in [-0.2, 0) is 20.9 Å². The van der Waals surface area contributed by atoms with Gasteiger partial charge in [0.05, 0.1) is 0 Å². The minimum atomic E-state index is -0.652. The standard InChI is InChI=1S/C35H54N4O3/c1-2-3-4-5-8-12-18-23-33(41)39-34(31-20-15-14-16-21-31)35(42)37-26-19-13-10-7-6-9-11-17-22-32(40)38-29-30-24-27-36-28-25-30/h14-16,20-21,24-25,27-28,34H,2-13,17-19,22-23,26,29H2,1H3,(H,37,42)(H,38,40)(H,39,41). The first-order chi connectivity index (χ1) is 20.6. The van der Waals surface area contributed by atoms with Crippen LogP contribution >= 0.6 is 0 Å². The highest BCUT2D eigenvalue weighted by molar-refractivity contribution is 5.88. The number of rotatable bonds is 24. The molecule has 0 fully saturated rings. The Hall–Kier alpha value is -3.22. The van der Waals surface area contributed by atoms with Gasteiger partial charge in [0, 0.05) is 38.3 Å². The highest BCUT2D eigenvalue weighted by atomic mass is 16.2. The molecule has 3 N–H and O–H groups in total. The van der Waals surface area contributed by atoms with Crippen LogP contribution in [0.25, 0.3) is 0 Å². The van der Waals surface area contributed by atoms with Crippen molar-refractivity contribution in [1.82, 2.24) is 20.9 Å². The van der Waals surface area contributed by atoms with Crippen LogP contribution in [0.3, 0.4) is 0 Å². The molecule has 1 aromatic carbocycles. The monoisotopic (exact) mass is 578 g/mol. The number of unbranched alkanes of at least 4 members (excludes halogenated alkanes) is 13. The summed E-state index contributed by atoms with van der Waals surface area (Å²) in [6, 6.07) is 12.7. The summed E-state index contributed by atoms with van der Waals surface area (Å²) in [4.78, 5) is 41.6. The normalized spacial score (nSPS) is 11.5. The summed E-state index contributed by atoms with van der Waals surface area (Å²) in [5.74, 6) is -0.0897. The van der Waals surface area contributed by atoms with Crippen molar-refractivity contribution >= 4 is 17.7 Å². The van der Waals surface area contributed by atoms with Crippen LogP contribution in [0.1, 0.15) is 133 Å². The summed E-state index contributed by atoms with van der Waals surface area (Å²) in [5, 5.41) is 8.97. The summed E-state index contributed by atoms with van der Waals surface area (Å²) >= 11 is 0. The van der Waals surface area contributed by atoms with E-state index < -0.39 is 6.04 Å². The van der Waals surface area contributed by atoms with E-state index in [9.17, 15) is 14.4 Å². The van der Waals surface area contributed by atoms with Gasteiger partial charge in [0.25, 0.3) is 0 Å². The lowest BCUT2D eigenvalue weighted by atomic mass is 10.0. The second-order valence-electron chi connectivity index (χ2n) is 11.3. The lowest BCUT2D eigenvalue weighted by Crippen LogP contribution is -2.40. The average Bonchev–Trinajstić information content (AvgIpc) is 3.01. The van der Waals surface area contributed by atoms with Crippen molar-refractivity contribution in [3.8, 4) is 0 Å². The lowest BCUT2D eigenvalue weighted by molar-refractivity contribution is -0.129. The maximum Gasteiger partial charge on any atom is 0.247 e. The minimum Gasteiger partial charge on any atom is -0.354 e. The fourth-order valence-corrected chi connectivity index (χ4v) is 5.00. The van der Waals surface area contributed by atoms with Crippen LogP contribution in [-0.4, -0.2) is 29.3 Å². The third-order valence-electron chi connectivity index (χ3n) is 7.58. The molecule has 0 saturated carbocycles. The summed E-state index contributed by atoms with van der Waals surface area (Å²) in [5.41, 5.74) is 1.88. The highest BCUT2D eigenvalue weighted by Gasteiger charge is 2.22. The van der Waals surface area contributed by atoms with Crippen LogP contribution in [0.4, 0.5) is 0 Å². The van der Waals surface area contributed by atoms with E-state index >= 15 is 0 Å². The number of benzene rings is 1. The zero-order valence-electron chi connectivity index (χ0n) is 25.9. The molecule has 7 heteroatoms. The molecule has 0 saturated heterocycles. The van der Waals surface area contributed by atoms with Crippen LogP contribution in [0.15, 0.2) is 54.9 Å². The van der Waals surface area contributed by atoms with E-state index in [-0.39, 0.29) is 17.7 Å². The van der Waals surface area contributed by atoms with Gasteiger partial charge in [0.1, 0.15) is 6.04 Å². The molecule has 1 unspecified atom stereocenters. The second kappa shape index (κ2) is 23.4. The van der Waals surface area contributed by atoms with Gasteiger partial charge in [0.15, 0.2) is 0 Å². The van der Waals surface area contributed by atoms with Gasteiger partial charge in [-0.2, -0.15) is 0 Å². The number of hydrogen-bond acceptors (Lipinski definition) is 4. The predicted octanol–water partition coefficient (Wildman–Crippen LogP) is 7.32. The SMILES string of the molecule is CCCCCCCCCC(=O)NC(C(=O)NCCCCCCCCCCC(=O)NCc1ccncc1)c1ccccc1. The zero-order valence-corrected chi connectivity index (χ0v) is 25.9. The molecule has 2 rings (SSSR count). The van der Waals surface area contributed by atoms with Crippen molar-refractivity contribution < 1.29 is 14.4 Å². The van der Waals surface area contributed by atoms with Gasteiger partial charge in [-0.15, -0.1) is 0 Å². The Labute approximate surface area is 254 Å². The highest BCUT2D eigenvalue weighted by Crippen LogP contribution is 2.15. The Balaban J connectivity index is 1.52. The molecule has 42 heavy (non-hydrogen) atoms. The number of aromatic nitrogens is 1. The smallest absolute Gasteiger partial charge is 0.247 e. The largest absolute Gasteiger partial charge is 0.354 e. The van der Waals surface area contributed by atoms with Crippen molar-refractivity contribution in [3.63, 3.8) is 0 Å². The third-order valence-corrected chi connectivity index (χ3v) is 7.58. The van der Waals surface area contributed by atoms with Gasteiger partial charge in [-0.25, -0.2) is 0 Å². The van der Waals surface area contributed by atoms with Crippen molar-refractivity contribution in [1.29, 1.82) is 0 Å². The molecule has 1 aromatic heterocycles. The molecule has 2 aromatic rings. The quantitative estimate of drug-likeness (QED) is 0.114. The maximum atomic E-state index is 13.0. The second-order valence-corrected chi connectivity index (χ2v) is 11.3. The Bertz CT molecular complexity index is 984. The number of carbonyl (C=O) groups excluding carboxylic acids is 3. The number of pyridine rings is 1. The topological polar surface area (TPSA) is 100 Å². The van der Waals surface area contributed by atoms with E-state index in [1.54, 1.807) is 12.4 Å². The first-order valence-electron chi connectivity index (χ1n) is 16.4. The van der Waals surface area contributed by atoms with Crippen molar-refractivity contribution in [2.45, 2.75) is 129 Å². The number of nitrogens with zero attached hydrogens (tertiary/aromatic N) is 1. The van der Waals surface area contributed by atoms with E-state index in [0.29, 0.717) is 25.9 Å². The first kappa shape index (κ1) is 35.0. The van der Waals surface area contributed by atoms with Crippen molar-refractivity contribution in [2.24, 2.45) is 0 Å². The lowest BCUT2D eigenvalue weighted by Gasteiger charge is -2.19. The van der Waals surface area contributed by atoms with E-state index in [2.05, 4.69) is 27.9 Å². The average molecular weight is 579 g/mol. The van der Waals surface area contributed by atoms with Gasteiger partial charge < -0.3 is 16.0 Å². The van der Waals surface area contributed by atoms with Crippen molar-refractivity contribution in [3.05, 3.63) is 66.0 Å². The Morgan fingerprint density at radius 1 is 0.643 bits per heavy atom. The van der Waals surface area contributed by atoms with Gasteiger partial charge in [-0.05, 0) is 42.5 Å². The Kier molecular flexibility index (Phi) is 19.4. The van der Waals surface area contributed by atoms with Crippen LogP contribution in [0.2, 0.25) is 0 Å². The molecule has 1 heterocycles. The number of nitrogens with one attached hydrogen (secondary N) is 3. The van der Waals surface area contributed by atoms with Crippen LogP contribution < -0.4 is 16.0 Å². The molecule has 3 amide bonds. The maximum absolute atomic E-state index is 13.0. The van der Waals surface area contributed by atoms with Crippen LogP contribution in [0, 0.1) is 0 Å². The Morgan fingerprint density at radius 2 is 1.19 bits per heavy atom. The summed E-state index contributed by atoms with van der Waals surface area (Å²) in [7, 11) is 0. The fourth-order valence-electron chi connectivity index (χ4n) is 5.00. The molecule has 0 bridgehead atoms. The molecule has 7 nitrogen and oxygen atoms in total. The number of amides is 3. The molecule has 0 aliphatic heterocycles. The number of carbonyl (C=O) groups is 3. The zero-order chi connectivity index (χ0) is 30.1. The van der Waals surface area contributed by atoms with Gasteiger partial charge in [-0.1, -0.05) is 114 Å². The molecule has 0 spiro atoms. The van der Waals surface area contributed by atoms with Gasteiger partial charge in [0.2, 0.25) is 17.7 Å². The molecule has 1 atom stereocenters. The molecule has 0 radical (unpaired) electrons. The predicted molar refractivity (Wildman–Crippen MR) is 171 cm³/mol.